The molecular formula is C25H33FN5O3PS. The summed E-state index contributed by atoms with van der Waals surface area (Å²) in [6, 6.07) is 4.77. The molecule has 1 unspecified atom stereocenters. The van der Waals surface area contributed by atoms with Crippen molar-refractivity contribution in [3.63, 3.8) is 0 Å². The summed E-state index contributed by atoms with van der Waals surface area (Å²) in [4.78, 5) is 8.63. The number of halogens is 1. The molecule has 194 valence electrons. The van der Waals surface area contributed by atoms with Crippen molar-refractivity contribution < 1.29 is 17.5 Å². The number of aryl methyl sites for hydroxylation is 1. The molecule has 2 aromatic heterocycles. The minimum atomic E-state index is -3.84. The minimum absolute atomic E-state index is 0. The first-order valence-corrected chi connectivity index (χ1v) is 13.3. The van der Waals surface area contributed by atoms with E-state index in [0.717, 1.165) is 5.56 Å². The number of para-hydroxylation sites is 1. The molecule has 8 nitrogen and oxygen atoms in total. The molecule has 0 bridgehead atoms. The number of benzene rings is 1. The number of rotatable bonds is 7. The Kier molecular flexibility index (Phi) is 8.75. The summed E-state index contributed by atoms with van der Waals surface area (Å²) in [6.45, 7) is 9.05. The first-order chi connectivity index (χ1) is 16.6. The molecular weight excluding hydrogens is 500 g/mol. The Bertz CT molecular complexity index is 1340. The Balaban J connectivity index is 0.00000361. The maximum atomic E-state index is 15.1. The van der Waals surface area contributed by atoms with Crippen LogP contribution in [0.15, 0.2) is 36.7 Å². The molecule has 0 fully saturated rings. The van der Waals surface area contributed by atoms with Crippen LogP contribution < -0.4 is 0 Å². The van der Waals surface area contributed by atoms with Crippen molar-refractivity contribution in [3.8, 4) is 5.69 Å². The van der Waals surface area contributed by atoms with Gasteiger partial charge in [0.25, 0.3) is 0 Å². The summed E-state index contributed by atoms with van der Waals surface area (Å²) in [7, 11) is -3.84. The number of hydrogen-bond donors (Lipinski definition) is 0. The summed E-state index contributed by atoms with van der Waals surface area (Å²) in [5.74, 6) is 0.00670. The van der Waals surface area contributed by atoms with Gasteiger partial charge in [0.2, 0.25) is 0 Å². The van der Waals surface area contributed by atoms with Crippen molar-refractivity contribution in [2.45, 2.75) is 70.2 Å². The number of sulfone groups is 1. The first-order valence-electron chi connectivity index (χ1n) is 11.6. The van der Waals surface area contributed by atoms with Crippen LogP contribution in [0.1, 0.15) is 74.7 Å². The third-order valence-corrected chi connectivity index (χ3v) is 8.06. The lowest BCUT2D eigenvalue weighted by Gasteiger charge is -2.25. The van der Waals surface area contributed by atoms with Gasteiger partial charge in [0.05, 0.1) is 17.0 Å². The van der Waals surface area contributed by atoms with Crippen molar-refractivity contribution in [2.24, 2.45) is 0 Å². The first kappa shape index (κ1) is 28.0. The highest BCUT2D eigenvalue weighted by Crippen LogP contribution is 2.32. The highest BCUT2D eigenvalue weighted by Gasteiger charge is 2.36. The largest absolute Gasteiger partial charge is 0.366 e. The van der Waals surface area contributed by atoms with Gasteiger partial charge in [-0.15, -0.1) is 10.2 Å². The molecule has 1 aromatic carbocycles. The van der Waals surface area contributed by atoms with Gasteiger partial charge in [-0.05, 0) is 45.7 Å². The van der Waals surface area contributed by atoms with E-state index in [1.165, 1.54) is 6.07 Å². The van der Waals surface area contributed by atoms with Crippen LogP contribution in [0.3, 0.4) is 0 Å². The number of nitrogens with zero attached hydrogens (tertiary/aromatic N) is 5. The number of fused-ring (bicyclic) bond motifs is 3. The van der Waals surface area contributed by atoms with Crippen LogP contribution in [-0.4, -0.2) is 44.5 Å². The van der Waals surface area contributed by atoms with E-state index in [9.17, 15) is 8.42 Å². The van der Waals surface area contributed by atoms with Gasteiger partial charge in [0.1, 0.15) is 23.5 Å². The zero-order valence-electron chi connectivity index (χ0n) is 21.2. The van der Waals surface area contributed by atoms with Gasteiger partial charge >= 0.3 is 0 Å². The number of hydrogen-bond acceptors (Lipinski definition) is 7. The molecule has 11 heteroatoms. The van der Waals surface area contributed by atoms with E-state index >= 15 is 4.39 Å². The lowest BCUT2D eigenvalue weighted by atomic mass is 10.0. The van der Waals surface area contributed by atoms with Gasteiger partial charge in [-0.3, -0.25) is 4.57 Å². The van der Waals surface area contributed by atoms with Crippen LogP contribution >= 0.6 is 9.90 Å². The number of aromatic nitrogens is 5. The zero-order chi connectivity index (χ0) is 25.3. The quantitative estimate of drug-likeness (QED) is 0.411. The number of allylic oxidation sites excluding steroid dienone is 1. The lowest BCUT2D eigenvalue weighted by Crippen LogP contribution is -2.32. The van der Waals surface area contributed by atoms with Crippen LogP contribution in [0.5, 0.6) is 0 Å². The van der Waals surface area contributed by atoms with Crippen LogP contribution in [0.4, 0.5) is 4.39 Å². The van der Waals surface area contributed by atoms with E-state index < -0.39 is 32.8 Å². The highest BCUT2D eigenvalue weighted by molar-refractivity contribution is 7.91. The second-order valence-corrected chi connectivity index (χ2v) is 11.6. The molecule has 0 amide bonds. The zero-order valence-corrected chi connectivity index (χ0v) is 23.4. The third kappa shape index (κ3) is 5.71. The molecule has 36 heavy (non-hydrogen) atoms. The summed E-state index contributed by atoms with van der Waals surface area (Å²) in [5, 5.41) is 7.51. The Morgan fingerprint density at radius 1 is 1.17 bits per heavy atom. The Labute approximate surface area is 215 Å². The normalized spacial score (nSPS) is 17.8. The fourth-order valence-electron chi connectivity index (χ4n) is 4.12. The number of ether oxygens (including phenoxy) is 1. The average Bonchev–Trinajstić information content (AvgIpc) is 3.18. The molecule has 0 aliphatic carbocycles. The van der Waals surface area contributed by atoms with E-state index in [-0.39, 0.29) is 33.4 Å². The molecule has 0 spiro atoms. The van der Waals surface area contributed by atoms with E-state index in [4.69, 9.17) is 4.74 Å². The molecule has 0 radical (unpaired) electrons. The Hall–Kier alpha value is -2.55. The molecule has 4 atom stereocenters. The molecule has 0 saturated carbocycles. The molecule has 1 aliphatic heterocycles. The van der Waals surface area contributed by atoms with Crippen LogP contribution in [0, 0.1) is 12.7 Å². The minimum Gasteiger partial charge on any atom is -0.366 e. The molecule has 4 rings (SSSR count). The van der Waals surface area contributed by atoms with E-state index in [0.29, 0.717) is 23.6 Å². The fourth-order valence-corrected chi connectivity index (χ4v) is 5.49. The second-order valence-electron chi connectivity index (χ2n) is 9.26. The van der Waals surface area contributed by atoms with E-state index in [1.807, 2.05) is 39.8 Å². The molecule has 0 N–H and O–H groups in total. The Morgan fingerprint density at radius 3 is 2.53 bits per heavy atom. The van der Waals surface area contributed by atoms with Crippen molar-refractivity contribution in [1.29, 1.82) is 0 Å². The van der Waals surface area contributed by atoms with E-state index in [2.05, 4.69) is 20.2 Å². The predicted octanol–water partition coefficient (Wildman–Crippen LogP) is 4.55. The van der Waals surface area contributed by atoms with Crippen molar-refractivity contribution in [3.05, 3.63) is 71.1 Å². The topological polar surface area (TPSA) is 99.9 Å². The maximum Gasteiger partial charge on any atom is 0.163 e. The van der Waals surface area contributed by atoms with Gasteiger partial charge in [0.15, 0.2) is 21.5 Å². The van der Waals surface area contributed by atoms with Crippen LogP contribution in [-0.2, 0) is 20.3 Å². The highest BCUT2D eigenvalue weighted by atomic mass is 32.2. The molecule has 0 saturated heterocycles. The second kappa shape index (κ2) is 11.2. The van der Waals surface area contributed by atoms with Gasteiger partial charge in [-0.2, -0.15) is 9.90 Å². The predicted molar refractivity (Wildman–Crippen MR) is 142 cm³/mol. The summed E-state index contributed by atoms with van der Waals surface area (Å²) in [5.41, 5.74) is 1.75. The fraction of sp³-hybridized carbons (Fsp3) is 0.440. The maximum absolute atomic E-state index is 15.1. The van der Waals surface area contributed by atoms with Crippen molar-refractivity contribution in [2.75, 3.05) is 0 Å². The van der Waals surface area contributed by atoms with Crippen LogP contribution in [0.25, 0.3) is 11.8 Å². The summed E-state index contributed by atoms with van der Waals surface area (Å²) < 4.78 is 49.9. The Morgan fingerprint density at radius 2 is 1.86 bits per heavy atom. The van der Waals surface area contributed by atoms with Gasteiger partial charge < -0.3 is 4.74 Å². The SMILES string of the molecule is Cc1cnc([C@H](OC(C)C)[C@H](C)S(=O)(=O)Cc2nnc3n2-c2c(F)cccc2/C=C\C[C@@H]3C)nc1.P. The van der Waals surface area contributed by atoms with Gasteiger partial charge in [-0.1, -0.05) is 31.2 Å². The molecule has 3 aromatic rings. The molecule has 3 heterocycles. The monoisotopic (exact) mass is 533 g/mol. The third-order valence-electron chi connectivity index (χ3n) is 6.02. The van der Waals surface area contributed by atoms with Crippen molar-refractivity contribution >= 4 is 25.8 Å². The molecule has 1 aliphatic rings. The van der Waals surface area contributed by atoms with E-state index in [1.54, 1.807) is 36.0 Å². The van der Waals surface area contributed by atoms with Gasteiger partial charge in [0, 0.05) is 23.9 Å². The van der Waals surface area contributed by atoms with Gasteiger partial charge in [-0.25, -0.2) is 22.8 Å². The smallest absolute Gasteiger partial charge is 0.163 e. The standard InChI is InChI=1S/C25H30FN5O3S.H3P/c1-15(2)34-23(24-27-12-16(3)13-28-24)18(5)35(32,33)14-21-29-30-25-17(4)8-6-9-19-10-7-11-20(26)22(19)31(21)25;/h6-7,9-13,15,17-18,23H,8,14H2,1-5H3;1H3/b9-6-;/t17-,18-,23+;/m0./s1. The van der Waals surface area contributed by atoms with Crippen LogP contribution in [0.2, 0.25) is 0 Å². The van der Waals surface area contributed by atoms with Crippen molar-refractivity contribution in [1.82, 2.24) is 24.7 Å². The summed E-state index contributed by atoms with van der Waals surface area (Å²) in [6.07, 6.45) is 6.63. The summed E-state index contributed by atoms with van der Waals surface area (Å²) >= 11 is 0. The average molecular weight is 534 g/mol. The lowest BCUT2D eigenvalue weighted by molar-refractivity contribution is 0.00141.